The Bertz CT molecular complexity index is 1160. The molecule has 4 rings (SSSR count). The number of hydrogen-bond donors (Lipinski definition) is 0. The summed E-state index contributed by atoms with van der Waals surface area (Å²) in [7, 11) is -3.62. The highest BCUT2D eigenvalue weighted by Gasteiger charge is 2.28. The zero-order valence-electron chi connectivity index (χ0n) is 17.6. The molecule has 1 fully saturated rings. The maximum absolute atomic E-state index is 13.0. The summed E-state index contributed by atoms with van der Waals surface area (Å²) in [6, 6.07) is 12.2. The predicted octanol–water partition coefficient (Wildman–Crippen LogP) is 2.36. The van der Waals surface area contributed by atoms with E-state index in [0.717, 1.165) is 5.56 Å². The van der Waals surface area contributed by atoms with E-state index in [4.69, 9.17) is 4.74 Å². The number of nitrogens with zero attached hydrogens (tertiary/aromatic N) is 4. The Morgan fingerprint density at radius 2 is 1.73 bits per heavy atom. The van der Waals surface area contributed by atoms with Gasteiger partial charge in [0.15, 0.2) is 5.17 Å². The molecule has 0 N–H and O–H groups in total. The van der Waals surface area contributed by atoms with Crippen LogP contribution in [0.1, 0.15) is 15.9 Å². The smallest absolute Gasteiger partial charge is 0.269 e. The van der Waals surface area contributed by atoms with Crippen molar-refractivity contribution < 1.29 is 22.9 Å². The molecule has 2 heterocycles. The Morgan fingerprint density at radius 1 is 1.06 bits per heavy atom. The average molecular weight is 491 g/mol. The molecule has 10 nitrogen and oxygen atoms in total. The number of non-ortho nitro benzene ring substituents is 1. The Morgan fingerprint density at radius 3 is 2.36 bits per heavy atom. The Balaban J connectivity index is 1.40. The van der Waals surface area contributed by atoms with E-state index in [-0.39, 0.29) is 16.5 Å². The molecule has 2 aromatic carbocycles. The third kappa shape index (κ3) is 5.24. The van der Waals surface area contributed by atoms with E-state index < -0.39 is 14.9 Å². The lowest BCUT2D eigenvalue weighted by atomic mass is 10.2. The van der Waals surface area contributed by atoms with E-state index in [1.165, 1.54) is 52.5 Å². The van der Waals surface area contributed by atoms with Gasteiger partial charge in [-0.3, -0.25) is 24.8 Å². The van der Waals surface area contributed by atoms with Crippen LogP contribution in [0.2, 0.25) is 0 Å². The molecule has 2 aliphatic rings. The average Bonchev–Trinajstić information content (AvgIpc) is 3.32. The van der Waals surface area contributed by atoms with Crippen LogP contribution in [-0.2, 0) is 20.5 Å². The van der Waals surface area contributed by atoms with Crippen molar-refractivity contribution in [2.24, 2.45) is 4.99 Å². The van der Waals surface area contributed by atoms with E-state index in [2.05, 4.69) is 4.99 Å². The van der Waals surface area contributed by atoms with Crippen molar-refractivity contribution in [3.63, 3.8) is 0 Å². The van der Waals surface area contributed by atoms with Crippen LogP contribution in [0.15, 0.2) is 58.4 Å². The molecule has 12 heteroatoms. The lowest BCUT2D eigenvalue weighted by Gasteiger charge is -2.26. The molecule has 33 heavy (non-hydrogen) atoms. The quantitative estimate of drug-likeness (QED) is 0.450. The van der Waals surface area contributed by atoms with Gasteiger partial charge in [-0.25, -0.2) is 8.42 Å². The molecule has 0 atom stereocenters. The van der Waals surface area contributed by atoms with Gasteiger partial charge in [0.2, 0.25) is 10.0 Å². The standard InChI is InChI=1S/C21H22N4O6S2/c26-20(17-3-7-19(8-4-17)33(29,30)23-11-13-31-14-12-23)24-10-9-22-21(24)32-15-16-1-5-18(6-2-16)25(27)28/h1-8H,9-15H2. The molecular formula is C21H22N4O6S2. The van der Waals surface area contributed by atoms with Gasteiger partial charge in [-0.2, -0.15) is 4.31 Å². The van der Waals surface area contributed by atoms with E-state index in [1.54, 1.807) is 17.0 Å². The zero-order chi connectivity index (χ0) is 23.4. The summed E-state index contributed by atoms with van der Waals surface area (Å²) in [5.74, 6) is 0.259. The number of benzene rings is 2. The number of carbonyl (C=O) groups is 1. The first-order valence-corrected chi connectivity index (χ1v) is 12.7. The third-order valence-corrected chi connectivity index (χ3v) is 8.27. The summed E-state index contributed by atoms with van der Waals surface area (Å²) in [5.41, 5.74) is 1.28. The van der Waals surface area contributed by atoms with E-state index >= 15 is 0 Å². The van der Waals surface area contributed by atoms with Gasteiger partial charge >= 0.3 is 0 Å². The third-order valence-electron chi connectivity index (χ3n) is 5.27. The van der Waals surface area contributed by atoms with Crippen LogP contribution in [0.25, 0.3) is 0 Å². The number of rotatable bonds is 6. The van der Waals surface area contributed by atoms with Crippen LogP contribution < -0.4 is 0 Å². The highest BCUT2D eigenvalue weighted by atomic mass is 32.2. The normalized spacial score (nSPS) is 17.1. The predicted molar refractivity (Wildman–Crippen MR) is 124 cm³/mol. The summed E-state index contributed by atoms with van der Waals surface area (Å²) in [5, 5.41) is 11.4. The SMILES string of the molecule is O=C(c1ccc(S(=O)(=O)N2CCOCC2)cc1)N1CCN=C1SCc1ccc([N+](=O)[O-])cc1. The van der Waals surface area contributed by atoms with E-state index in [0.29, 0.717) is 55.9 Å². The molecule has 0 aliphatic carbocycles. The number of nitro benzene ring substituents is 1. The molecule has 0 aromatic heterocycles. The van der Waals surface area contributed by atoms with Gasteiger partial charge < -0.3 is 4.74 Å². The summed E-state index contributed by atoms with van der Waals surface area (Å²) < 4.78 is 32.1. The maximum Gasteiger partial charge on any atom is 0.269 e. The van der Waals surface area contributed by atoms with Gasteiger partial charge in [0.05, 0.1) is 29.6 Å². The second kappa shape index (κ2) is 10.00. The lowest BCUT2D eigenvalue weighted by molar-refractivity contribution is -0.384. The van der Waals surface area contributed by atoms with Crippen molar-refractivity contribution in [3.05, 3.63) is 69.8 Å². The first kappa shape index (κ1) is 23.4. The lowest BCUT2D eigenvalue weighted by Crippen LogP contribution is -2.40. The molecule has 0 unspecified atom stereocenters. The van der Waals surface area contributed by atoms with Crippen molar-refractivity contribution in [1.29, 1.82) is 0 Å². The number of aliphatic imine (C=N–C) groups is 1. The Labute approximate surface area is 195 Å². The van der Waals surface area contributed by atoms with Gasteiger partial charge in [-0.1, -0.05) is 23.9 Å². The number of thioether (sulfide) groups is 1. The summed E-state index contributed by atoms with van der Waals surface area (Å²) in [4.78, 5) is 29.5. The van der Waals surface area contributed by atoms with Crippen LogP contribution in [0.5, 0.6) is 0 Å². The number of morpholine rings is 1. The summed E-state index contributed by atoms with van der Waals surface area (Å²) >= 11 is 1.38. The minimum absolute atomic E-state index is 0.0258. The number of nitro groups is 1. The molecule has 1 amide bonds. The minimum Gasteiger partial charge on any atom is -0.379 e. The van der Waals surface area contributed by atoms with Crippen molar-refractivity contribution in [2.45, 2.75) is 10.6 Å². The number of carbonyl (C=O) groups excluding carboxylic acids is 1. The van der Waals surface area contributed by atoms with Gasteiger partial charge in [0.1, 0.15) is 0 Å². The van der Waals surface area contributed by atoms with Crippen molar-refractivity contribution >= 4 is 38.5 Å². The fraction of sp³-hybridized carbons (Fsp3) is 0.333. The molecule has 2 aliphatic heterocycles. The first-order chi connectivity index (χ1) is 15.9. The largest absolute Gasteiger partial charge is 0.379 e. The van der Waals surface area contributed by atoms with Crippen molar-refractivity contribution in [1.82, 2.24) is 9.21 Å². The van der Waals surface area contributed by atoms with Gasteiger partial charge in [0.25, 0.3) is 11.6 Å². The van der Waals surface area contributed by atoms with E-state index in [9.17, 15) is 23.3 Å². The fourth-order valence-electron chi connectivity index (χ4n) is 3.46. The topological polar surface area (TPSA) is 122 Å². The van der Waals surface area contributed by atoms with Gasteiger partial charge in [-0.15, -0.1) is 0 Å². The molecule has 1 saturated heterocycles. The van der Waals surface area contributed by atoms with Crippen LogP contribution in [0, 0.1) is 10.1 Å². The van der Waals surface area contributed by atoms with Crippen LogP contribution >= 0.6 is 11.8 Å². The van der Waals surface area contributed by atoms with Crippen molar-refractivity contribution in [2.75, 3.05) is 39.4 Å². The highest BCUT2D eigenvalue weighted by Crippen LogP contribution is 2.24. The monoisotopic (exact) mass is 490 g/mol. The van der Waals surface area contributed by atoms with Crippen molar-refractivity contribution in [3.8, 4) is 0 Å². The number of sulfonamides is 1. The molecule has 0 saturated carbocycles. The molecular weight excluding hydrogens is 468 g/mol. The maximum atomic E-state index is 13.0. The second-order valence-corrected chi connectivity index (χ2v) is 10.3. The van der Waals surface area contributed by atoms with Gasteiger partial charge in [0, 0.05) is 43.1 Å². The first-order valence-electron chi connectivity index (χ1n) is 10.3. The number of amidine groups is 1. The molecule has 174 valence electrons. The Hall–Kier alpha value is -2.80. The van der Waals surface area contributed by atoms with Crippen LogP contribution in [-0.4, -0.2) is 73.0 Å². The number of hydrogen-bond acceptors (Lipinski definition) is 8. The summed E-state index contributed by atoms with van der Waals surface area (Å²) in [6.07, 6.45) is 0. The summed E-state index contributed by atoms with van der Waals surface area (Å²) in [6.45, 7) is 2.27. The molecule has 2 aromatic rings. The number of amides is 1. The molecule has 0 radical (unpaired) electrons. The zero-order valence-corrected chi connectivity index (χ0v) is 19.3. The van der Waals surface area contributed by atoms with Crippen LogP contribution in [0.4, 0.5) is 5.69 Å². The molecule has 0 bridgehead atoms. The second-order valence-electron chi connectivity index (χ2n) is 7.37. The number of ether oxygens (including phenoxy) is 1. The highest BCUT2D eigenvalue weighted by molar-refractivity contribution is 8.13. The molecule has 0 spiro atoms. The minimum atomic E-state index is -3.62. The Kier molecular flexibility index (Phi) is 7.08. The van der Waals surface area contributed by atoms with E-state index in [1.807, 2.05) is 0 Å². The van der Waals surface area contributed by atoms with Crippen LogP contribution in [0.3, 0.4) is 0 Å². The fourth-order valence-corrected chi connectivity index (χ4v) is 5.87. The van der Waals surface area contributed by atoms with Gasteiger partial charge in [-0.05, 0) is 29.8 Å².